The number of aliphatic hydroxyl groups excluding tert-OH is 2. The molecule has 0 amide bonds. The van der Waals surface area contributed by atoms with Crippen LogP contribution in [0.1, 0.15) is 5.56 Å². The van der Waals surface area contributed by atoms with Crippen LogP contribution in [0.3, 0.4) is 0 Å². The molecule has 0 heterocycles. The van der Waals surface area contributed by atoms with Crippen LogP contribution in [0.15, 0.2) is 12.1 Å². The van der Waals surface area contributed by atoms with Crippen molar-refractivity contribution in [1.82, 2.24) is 0 Å². The minimum atomic E-state index is -0.412. The molecule has 0 aliphatic heterocycles. The summed E-state index contributed by atoms with van der Waals surface area (Å²) in [5.41, 5.74) is 0.410. The fourth-order valence-corrected chi connectivity index (χ4v) is 1.08. The topological polar surface area (TPSA) is 99.4 Å². The van der Waals surface area contributed by atoms with Gasteiger partial charge in [-0.15, -0.1) is 0 Å². The van der Waals surface area contributed by atoms with E-state index in [1.54, 1.807) is 0 Å². The van der Waals surface area contributed by atoms with E-state index >= 15 is 0 Å². The predicted octanol–water partition coefficient (Wildman–Crippen LogP) is -0.0647. The number of phenolic OH excluding ortho intramolecular Hbond substituents is 2. The predicted molar refractivity (Wildman–Crippen MR) is 54.2 cm³/mol. The van der Waals surface area contributed by atoms with E-state index in [-0.39, 0.29) is 38.1 Å². The van der Waals surface area contributed by atoms with Gasteiger partial charge in [-0.05, 0) is 17.7 Å². The minimum absolute atomic E-state index is 0.0157. The van der Waals surface area contributed by atoms with E-state index in [2.05, 4.69) is 0 Å². The molecule has 0 aliphatic rings. The molecule has 0 saturated carbocycles. The first-order valence-corrected chi connectivity index (χ1v) is 4.66. The molecule has 0 aliphatic carbocycles. The highest BCUT2D eigenvalue weighted by Crippen LogP contribution is 2.36. The van der Waals surface area contributed by atoms with Crippen molar-refractivity contribution in [3.63, 3.8) is 0 Å². The standard InChI is InChI=1S/C10H14O6/c11-1-2-15-6-16-9-4-7(5-12)3-8(13)10(9)14/h3-4,11-14H,1-2,5-6H2. The van der Waals surface area contributed by atoms with E-state index in [1.807, 2.05) is 0 Å². The van der Waals surface area contributed by atoms with Crippen LogP contribution < -0.4 is 4.74 Å². The first-order chi connectivity index (χ1) is 7.69. The highest BCUT2D eigenvalue weighted by Gasteiger charge is 2.10. The Morgan fingerprint density at radius 1 is 1.12 bits per heavy atom. The largest absolute Gasteiger partial charge is 0.504 e. The fourth-order valence-electron chi connectivity index (χ4n) is 1.08. The number of ether oxygens (including phenoxy) is 2. The van der Waals surface area contributed by atoms with Gasteiger partial charge in [0.1, 0.15) is 0 Å². The minimum Gasteiger partial charge on any atom is -0.504 e. The number of rotatable bonds is 6. The van der Waals surface area contributed by atoms with E-state index in [9.17, 15) is 10.2 Å². The number of hydrogen-bond acceptors (Lipinski definition) is 6. The molecule has 6 heteroatoms. The molecule has 1 aromatic carbocycles. The summed E-state index contributed by atoms with van der Waals surface area (Å²) in [5.74, 6) is -0.768. The third-order valence-corrected chi connectivity index (χ3v) is 1.83. The van der Waals surface area contributed by atoms with Crippen molar-refractivity contribution in [1.29, 1.82) is 0 Å². The van der Waals surface area contributed by atoms with Gasteiger partial charge >= 0.3 is 0 Å². The molecule has 0 atom stereocenters. The number of aliphatic hydroxyl groups is 2. The summed E-state index contributed by atoms with van der Waals surface area (Å²) in [5, 5.41) is 36.0. The molecule has 90 valence electrons. The van der Waals surface area contributed by atoms with Crippen LogP contribution in [-0.4, -0.2) is 40.4 Å². The molecule has 6 nitrogen and oxygen atoms in total. The zero-order valence-corrected chi connectivity index (χ0v) is 8.59. The maximum Gasteiger partial charge on any atom is 0.200 e. The van der Waals surface area contributed by atoms with Crippen LogP contribution in [0.25, 0.3) is 0 Å². The number of hydrogen-bond donors (Lipinski definition) is 4. The zero-order valence-electron chi connectivity index (χ0n) is 8.59. The Bertz CT molecular complexity index is 338. The van der Waals surface area contributed by atoms with Crippen LogP contribution >= 0.6 is 0 Å². The molecular formula is C10H14O6. The number of aromatic hydroxyl groups is 2. The van der Waals surface area contributed by atoms with E-state index in [1.165, 1.54) is 12.1 Å². The highest BCUT2D eigenvalue weighted by molar-refractivity contribution is 5.51. The van der Waals surface area contributed by atoms with E-state index in [0.29, 0.717) is 5.56 Å². The van der Waals surface area contributed by atoms with Crippen molar-refractivity contribution < 1.29 is 29.9 Å². The maximum absolute atomic E-state index is 9.41. The summed E-state index contributed by atoms with van der Waals surface area (Å²) >= 11 is 0. The number of benzene rings is 1. The molecule has 1 aromatic rings. The molecular weight excluding hydrogens is 216 g/mol. The maximum atomic E-state index is 9.41. The zero-order chi connectivity index (χ0) is 12.0. The van der Waals surface area contributed by atoms with Gasteiger partial charge in [0.2, 0.25) is 5.75 Å². The lowest BCUT2D eigenvalue weighted by atomic mass is 10.2. The second-order valence-corrected chi connectivity index (χ2v) is 3.01. The lowest BCUT2D eigenvalue weighted by Crippen LogP contribution is -2.06. The molecule has 0 radical (unpaired) electrons. The summed E-state index contributed by atoms with van der Waals surface area (Å²) in [7, 11) is 0. The third kappa shape index (κ3) is 3.27. The van der Waals surface area contributed by atoms with Crippen LogP contribution in [0.5, 0.6) is 17.2 Å². The van der Waals surface area contributed by atoms with E-state index < -0.39 is 5.75 Å². The van der Waals surface area contributed by atoms with Crippen LogP contribution in [0.4, 0.5) is 0 Å². The van der Waals surface area contributed by atoms with Gasteiger partial charge in [0.05, 0.1) is 19.8 Å². The fraction of sp³-hybridized carbons (Fsp3) is 0.400. The summed E-state index contributed by atoms with van der Waals surface area (Å²) < 4.78 is 9.84. The average molecular weight is 230 g/mol. The van der Waals surface area contributed by atoms with E-state index in [0.717, 1.165) is 0 Å². The second kappa shape index (κ2) is 6.16. The smallest absolute Gasteiger partial charge is 0.200 e. The Kier molecular flexibility index (Phi) is 4.84. The van der Waals surface area contributed by atoms with Crippen molar-refractivity contribution in [3.05, 3.63) is 17.7 Å². The summed E-state index contributed by atoms with van der Waals surface area (Å²) in [6.45, 7) is -0.451. The molecule has 0 saturated heterocycles. The van der Waals surface area contributed by atoms with Gasteiger partial charge in [0.15, 0.2) is 18.3 Å². The first kappa shape index (κ1) is 12.6. The van der Waals surface area contributed by atoms with Gasteiger partial charge in [0.25, 0.3) is 0 Å². The monoisotopic (exact) mass is 230 g/mol. The van der Waals surface area contributed by atoms with Crippen molar-refractivity contribution in [3.8, 4) is 17.2 Å². The lowest BCUT2D eigenvalue weighted by Gasteiger charge is -2.10. The van der Waals surface area contributed by atoms with Crippen molar-refractivity contribution in [2.75, 3.05) is 20.0 Å². The Morgan fingerprint density at radius 3 is 2.50 bits per heavy atom. The summed E-state index contributed by atoms with van der Waals surface area (Å²) in [4.78, 5) is 0. The molecule has 1 rings (SSSR count). The molecule has 0 bridgehead atoms. The van der Waals surface area contributed by atoms with Crippen LogP contribution in [0, 0.1) is 0 Å². The van der Waals surface area contributed by atoms with Crippen molar-refractivity contribution in [2.24, 2.45) is 0 Å². The second-order valence-electron chi connectivity index (χ2n) is 3.01. The third-order valence-electron chi connectivity index (χ3n) is 1.83. The molecule has 0 fully saturated rings. The Balaban J connectivity index is 2.66. The van der Waals surface area contributed by atoms with Gasteiger partial charge in [-0.1, -0.05) is 0 Å². The van der Waals surface area contributed by atoms with Gasteiger partial charge in [-0.25, -0.2) is 0 Å². The Morgan fingerprint density at radius 2 is 1.88 bits per heavy atom. The van der Waals surface area contributed by atoms with Crippen LogP contribution in [-0.2, 0) is 11.3 Å². The van der Waals surface area contributed by atoms with Gasteiger partial charge < -0.3 is 29.9 Å². The summed E-state index contributed by atoms with van der Waals surface area (Å²) in [6.07, 6.45) is 0. The van der Waals surface area contributed by atoms with Crippen molar-refractivity contribution in [2.45, 2.75) is 6.61 Å². The molecule has 16 heavy (non-hydrogen) atoms. The summed E-state index contributed by atoms with van der Waals surface area (Å²) in [6, 6.07) is 2.62. The molecule has 0 unspecified atom stereocenters. The van der Waals surface area contributed by atoms with Gasteiger partial charge in [-0.3, -0.25) is 0 Å². The van der Waals surface area contributed by atoms with Crippen molar-refractivity contribution >= 4 is 0 Å². The average Bonchev–Trinajstić information content (AvgIpc) is 2.29. The van der Waals surface area contributed by atoms with Gasteiger partial charge in [0, 0.05) is 0 Å². The Labute approximate surface area is 92.3 Å². The molecule has 0 spiro atoms. The SMILES string of the molecule is OCCOCOc1cc(CO)cc(O)c1O. The molecule has 4 N–H and O–H groups in total. The normalized spacial score (nSPS) is 10.4. The highest BCUT2D eigenvalue weighted by atomic mass is 16.7. The first-order valence-electron chi connectivity index (χ1n) is 4.66. The van der Waals surface area contributed by atoms with Gasteiger partial charge in [-0.2, -0.15) is 0 Å². The Hall–Kier alpha value is -1.50. The quantitative estimate of drug-likeness (QED) is 0.310. The number of phenols is 2. The van der Waals surface area contributed by atoms with Crippen LogP contribution in [0.2, 0.25) is 0 Å². The molecule has 0 aromatic heterocycles. The lowest BCUT2D eigenvalue weighted by molar-refractivity contribution is -0.00235. The van der Waals surface area contributed by atoms with E-state index in [4.69, 9.17) is 19.7 Å².